The minimum Gasteiger partial charge on any atom is -0.356 e. The minimum atomic E-state index is -0.150. The molecule has 25 heavy (non-hydrogen) atoms. The fraction of sp³-hybridized carbons (Fsp3) is 0.526. The van der Waals surface area contributed by atoms with Crippen molar-refractivity contribution in [3.63, 3.8) is 0 Å². The second-order valence-electron chi connectivity index (χ2n) is 6.70. The first-order valence-electron chi connectivity index (χ1n) is 8.79. The Morgan fingerprint density at radius 3 is 2.36 bits per heavy atom. The van der Waals surface area contributed by atoms with Gasteiger partial charge < -0.3 is 15.5 Å². The zero-order valence-electron chi connectivity index (χ0n) is 15.0. The van der Waals surface area contributed by atoms with Gasteiger partial charge in [0.05, 0.1) is 0 Å². The predicted molar refractivity (Wildman–Crippen MR) is 95.4 cm³/mol. The van der Waals surface area contributed by atoms with E-state index in [2.05, 4.69) is 10.6 Å². The maximum atomic E-state index is 12.1. The molecule has 0 heterocycles. The van der Waals surface area contributed by atoms with Crippen LogP contribution in [0, 0.1) is 11.8 Å². The lowest BCUT2D eigenvalue weighted by Crippen LogP contribution is -2.34. The first kappa shape index (κ1) is 19.0. The van der Waals surface area contributed by atoms with Crippen LogP contribution in [0.4, 0.5) is 0 Å². The lowest BCUT2D eigenvalue weighted by atomic mass is 10.2. The Kier molecular flexibility index (Phi) is 6.98. The molecule has 0 bridgehead atoms. The van der Waals surface area contributed by atoms with E-state index in [0.29, 0.717) is 25.6 Å². The molecule has 6 nitrogen and oxygen atoms in total. The molecule has 2 rings (SSSR count). The molecule has 1 aromatic carbocycles. The quantitative estimate of drug-likeness (QED) is 0.708. The Morgan fingerprint density at radius 2 is 1.72 bits per heavy atom. The smallest absolute Gasteiger partial charge is 0.224 e. The summed E-state index contributed by atoms with van der Waals surface area (Å²) in [6.07, 6.45) is 1.44. The van der Waals surface area contributed by atoms with Crippen molar-refractivity contribution in [2.45, 2.75) is 32.7 Å². The highest BCUT2D eigenvalue weighted by atomic mass is 16.2. The van der Waals surface area contributed by atoms with E-state index in [-0.39, 0.29) is 36.5 Å². The van der Waals surface area contributed by atoms with Gasteiger partial charge in [0.25, 0.3) is 0 Å². The van der Waals surface area contributed by atoms with E-state index >= 15 is 0 Å². The van der Waals surface area contributed by atoms with Crippen molar-refractivity contribution in [2.24, 2.45) is 11.8 Å². The molecule has 2 N–H and O–H groups in total. The summed E-state index contributed by atoms with van der Waals surface area (Å²) in [6.45, 7) is 3.25. The first-order chi connectivity index (χ1) is 12.0. The van der Waals surface area contributed by atoms with Crippen LogP contribution in [0.2, 0.25) is 0 Å². The molecule has 6 heteroatoms. The molecule has 1 aliphatic rings. The van der Waals surface area contributed by atoms with Crippen molar-refractivity contribution < 1.29 is 14.4 Å². The molecular weight excluding hydrogens is 318 g/mol. The van der Waals surface area contributed by atoms with Crippen molar-refractivity contribution in [1.82, 2.24) is 15.5 Å². The van der Waals surface area contributed by atoms with Crippen LogP contribution in [-0.4, -0.2) is 42.8 Å². The van der Waals surface area contributed by atoms with Crippen LogP contribution in [0.5, 0.6) is 0 Å². The van der Waals surface area contributed by atoms with Crippen LogP contribution >= 0.6 is 0 Å². The number of nitrogens with one attached hydrogen (secondary N) is 2. The zero-order chi connectivity index (χ0) is 18.2. The number of amides is 3. The standard InChI is InChI=1S/C19H27N3O3/c1-14-12-16(14)19(25)21-10-8-17(23)20-11-9-18(24)22(2)13-15-6-4-3-5-7-15/h3-7,14,16H,8-13H2,1-2H3,(H,20,23)(H,21,25)/t14-,16-/m1/s1. The molecule has 1 aliphatic carbocycles. The zero-order valence-corrected chi connectivity index (χ0v) is 15.0. The third-order valence-corrected chi connectivity index (χ3v) is 4.45. The van der Waals surface area contributed by atoms with Crippen LogP contribution in [-0.2, 0) is 20.9 Å². The van der Waals surface area contributed by atoms with Gasteiger partial charge in [-0.3, -0.25) is 14.4 Å². The molecule has 136 valence electrons. The van der Waals surface area contributed by atoms with Crippen LogP contribution in [0.3, 0.4) is 0 Å². The number of hydrogen-bond acceptors (Lipinski definition) is 3. The minimum absolute atomic E-state index is 0.0137. The first-order valence-corrected chi connectivity index (χ1v) is 8.79. The topological polar surface area (TPSA) is 78.5 Å². The molecular formula is C19H27N3O3. The lowest BCUT2D eigenvalue weighted by molar-refractivity contribution is -0.130. The fourth-order valence-electron chi connectivity index (χ4n) is 2.65. The van der Waals surface area contributed by atoms with Crippen molar-refractivity contribution in [2.75, 3.05) is 20.1 Å². The number of carbonyl (C=O) groups is 3. The number of nitrogens with zero attached hydrogens (tertiary/aromatic N) is 1. The van der Waals surface area contributed by atoms with Crippen molar-refractivity contribution >= 4 is 17.7 Å². The molecule has 1 aromatic rings. The summed E-state index contributed by atoms with van der Waals surface area (Å²) in [5.74, 6) is 0.467. The summed E-state index contributed by atoms with van der Waals surface area (Å²) in [6, 6.07) is 9.77. The SMILES string of the molecule is C[C@@H]1C[C@H]1C(=O)NCCC(=O)NCCC(=O)N(C)Cc1ccccc1. The summed E-state index contributed by atoms with van der Waals surface area (Å²) >= 11 is 0. The molecule has 0 spiro atoms. The largest absolute Gasteiger partial charge is 0.356 e. The van der Waals surface area contributed by atoms with E-state index in [4.69, 9.17) is 0 Å². The Morgan fingerprint density at radius 1 is 1.08 bits per heavy atom. The van der Waals surface area contributed by atoms with E-state index in [0.717, 1.165) is 12.0 Å². The van der Waals surface area contributed by atoms with E-state index in [1.807, 2.05) is 37.3 Å². The van der Waals surface area contributed by atoms with Gasteiger partial charge in [0.1, 0.15) is 0 Å². The summed E-state index contributed by atoms with van der Waals surface area (Å²) in [7, 11) is 1.76. The maximum Gasteiger partial charge on any atom is 0.224 e. The van der Waals surface area contributed by atoms with E-state index in [1.165, 1.54) is 0 Å². The van der Waals surface area contributed by atoms with E-state index < -0.39 is 0 Å². The Labute approximate surface area is 149 Å². The third kappa shape index (κ3) is 6.57. The summed E-state index contributed by atoms with van der Waals surface area (Å²) < 4.78 is 0. The van der Waals surface area contributed by atoms with Gasteiger partial charge in [-0.15, -0.1) is 0 Å². The van der Waals surface area contributed by atoms with Crippen molar-refractivity contribution in [3.8, 4) is 0 Å². The second kappa shape index (κ2) is 9.20. The monoisotopic (exact) mass is 345 g/mol. The van der Waals surface area contributed by atoms with Crippen LogP contribution < -0.4 is 10.6 Å². The van der Waals surface area contributed by atoms with Gasteiger partial charge in [-0.25, -0.2) is 0 Å². The van der Waals surface area contributed by atoms with Crippen LogP contribution in [0.25, 0.3) is 0 Å². The van der Waals surface area contributed by atoms with Crippen LogP contribution in [0.1, 0.15) is 31.7 Å². The number of carbonyl (C=O) groups excluding carboxylic acids is 3. The maximum absolute atomic E-state index is 12.1. The molecule has 1 fully saturated rings. The van der Waals surface area contributed by atoms with Gasteiger partial charge in [0.2, 0.25) is 17.7 Å². The van der Waals surface area contributed by atoms with Gasteiger partial charge >= 0.3 is 0 Å². The Bertz CT molecular complexity index is 603. The summed E-state index contributed by atoms with van der Waals surface area (Å²) in [5.41, 5.74) is 1.07. The highest BCUT2D eigenvalue weighted by Crippen LogP contribution is 2.37. The highest BCUT2D eigenvalue weighted by Gasteiger charge is 2.38. The second-order valence-corrected chi connectivity index (χ2v) is 6.70. The number of benzene rings is 1. The van der Waals surface area contributed by atoms with Crippen molar-refractivity contribution in [1.29, 1.82) is 0 Å². The Balaban J connectivity index is 1.55. The van der Waals surface area contributed by atoms with Crippen LogP contribution in [0.15, 0.2) is 30.3 Å². The molecule has 1 saturated carbocycles. The normalized spacial score (nSPS) is 18.3. The van der Waals surface area contributed by atoms with Crippen molar-refractivity contribution in [3.05, 3.63) is 35.9 Å². The number of rotatable bonds is 9. The molecule has 0 saturated heterocycles. The fourth-order valence-corrected chi connectivity index (χ4v) is 2.65. The molecule has 0 aliphatic heterocycles. The molecule has 3 amide bonds. The molecule has 2 atom stereocenters. The lowest BCUT2D eigenvalue weighted by Gasteiger charge is -2.17. The van der Waals surface area contributed by atoms with Gasteiger partial charge in [-0.1, -0.05) is 37.3 Å². The summed E-state index contributed by atoms with van der Waals surface area (Å²) in [5, 5.41) is 5.50. The molecule has 0 aromatic heterocycles. The van der Waals surface area contributed by atoms with Gasteiger partial charge in [-0.05, 0) is 17.9 Å². The average molecular weight is 345 g/mol. The highest BCUT2D eigenvalue weighted by molar-refractivity contribution is 5.82. The summed E-state index contributed by atoms with van der Waals surface area (Å²) in [4.78, 5) is 37.1. The van der Waals surface area contributed by atoms with Gasteiger partial charge in [0.15, 0.2) is 0 Å². The number of hydrogen-bond donors (Lipinski definition) is 2. The average Bonchev–Trinajstić information content (AvgIpc) is 3.32. The molecule has 0 radical (unpaired) electrons. The van der Waals surface area contributed by atoms with E-state index in [1.54, 1.807) is 11.9 Å². The van der Waals surface area contributed by atoms with Gasteiger partial charge in [-0.2, -0.15) is 0 Å². The molecule has 0 unspecified atom stereocenters. The Hall–Kier alpha value is -2.37. The predicted octanol–water partition coefficient (Wildman–Crippen LogP) is 1.31. The van der Waals surface area contributed by atoms with Gasteiger partial charge in [0, 0.05) is 45.4 Å². The third-order valence-electron chi connectivity index (χ3n) is 4.45. The van der Waals surface area contributed by atoms with E-state index in [9.17, 15) is 14.4 Å².